The van der Waals surface area contributed by atoms with Gasteiger partial charge in [-0.15, -0.1) is 0 Å². The van der Waals surface area contributed by atoms with E-state index in [2.05, 4.69) is 10.6 Å². The summed E-state index contributed by atoms with van der Waals surface area (Å²) in [7, 11) is 0. The lowest BCUT2D eigenvalue weighted by atomic mass is 9.84. The van der Waals surface area contributed by atoms with E-state index >= 15 is 0 Å². The summed E-state index contributed by atoms with van der Waals surface area (Å²) < 4.78 is 0. The molecule has 8 nitrogen and oxygen atoms in total. The van der Waals surface area contributed by atoms with Crippen molar-refractivity contribution in [2.24, 2.45) is 11.8 Å². The van der Waals surface area contributed by atoms with Crippen LogP contribution < -0.4 is 10.6 Å². The molecule has 4 amide bonds. The fraction of sp³-hybridized carbons (Fsp3) is 0.273. The van der Waals surface area contributed by atoms with E-state index in [4.69, 9.17) is 0 Å². The van der Waals surface area contributed by atoms with Crippen LogP contribution in [0.4, 0.5) is 0 Å². The Morgan fingerprint density at radius 1 is 0.500 bits per heavy atom. The second-order valence-corrected chi connectivity index (χ2v) is 8.12. The van der Waals surface area contributed by atoms with E-state index in [1.165, 1.54) is 0 Å². The molecule has 2 aromatic carbocycles. The Morgan fingerprint density at radius 3 is 1.23 bits per heavy atom. The molecule has 4 aliphatic rings. The van der Waals surface area contributed by atoms with Gasteiger partial charge >= 0.3 is 0 Å². The quantitative estimate of drug-likeness (QED) is 0.701. The van der Waals surface area contributed by atoms with Gasteiger partial charge < -0.3 is 0 Å². The Kier molecular flexibility index (Phi) is 3.54. The number of nitrogens with zero attached hydrogens (tertiary/aromatic N) is 2. The van der Waals surface area contributed by atoms with Gasteiger partial charge in [0, 0.05) is 0 Å². The monoisotopic (exact) mass is 402 g/mol. The highest BCUT2D eigenvalue weighted by Crippen LogP contribution is 2.56. The van der Waals surface area contributed by atoms with Crippen LogP contribution in [-0.4, -0.2) is 45.7 Å². The number of carbonyl (C=O) groups excluding carboxylic acids is 4. The van der Waals surface area contributed by atoms with Crippen LogP contribution in [0.25, 0.3) is 0 Å². The number of imide groups is 2. The smallest absolute Gasteiger partial charge is 0.246 e. The molecule has 0 aromatic heterocycles. The molecular formula is C22H18N4O4. The highest BCUT2D eigenvalue weighted by atomic mass is 16.2. The molecule has 150 valence electrons. The molecule has 2 N–H and O–H groups in total. The first-order valence-electron chi connectivity index (χ1n) is 9.94. The van der Waals surface area contributed by atoms with Crippen LogP contribution in [0.1, 0.15) is 23.2 Å². The number of hydrogen-bond donors (Lipinski definition) is 2. The second kappa shape index (κ2) is 6.07. The summed E-state index contributed by atoms with van der Waals surface area (Å²) in [6.07, 6.45) is 0. The normalized spacial score (nSPS) is 35.2. The zero-order chi connectivity index (χ0) is 20.6. The molecule has 4 saturated heterocycles. The van der Waals surface area contributed by atoms with Crippen molar-refractivity contribution >= 4 is 23.6 Å². The molecule has 30 heavy (non-hydrogen) atoms. The molecule has 0 aliphatic carbocycles. The zero-order valence-electron chi connectivity index (χ0n) is 15.8. The van der Waals surface area contributed by atoms with Crippen molar-refractivity contribution in [1.82, 2.24) is 20.7 Å². The van der Waals surface area contributed by atoms with Gasteiger partial charge in [-0.3, -0.25) is 29.8 Å². The van der Waals surface area contributed by atoms with Crippen LogP contribution in [0, 0.1) is 11.8 Å². The molecular weight excluding hydrogens is 384 g/mol. The van der Waals surface area contributed by atoms with Crippen molar-refractivity contribution in [3.63, 3.8) is 0 Å². The van der Waals surface area contributed by atoms with Crippen LogP contribution in [-0.2, 0) is 19.2 Å². The molecule has 0 saturated carbocycles. The summed E-state index contributed by atoms with van der Waals surface area (Å²) in [5.41, 5.74) is 1.67. The molecule has 8 heteroatoms. The minimum Gasteiger partial charge on any atom is -0.295 e. The van der Waals surface area contributed by atoms with E-state index < -0.39 is 36.0 Å². The van der Waals surface area contributed by atoms with Gasteiger partial charge in [0.05, 0.1) is 23.9 Å². The second-order valence-electron chi connectivity index (χ2n) is 8.12. The summed E-state index contributed by atoms with van der Waals surface area (Å²) in [5.74, 6) is -2.78. The largest absolute Gasteiger partial charge is 0.295 e. The number of amides is 4. The number of hydrogen-bond acceptors (Lipinski definition) is 6. The van der Waals surface area contributed by atoms with Gasteiger partial charge in [0.1, 0.15) is 12.1 Å². The van der Waals surface area contributed by atoms with Gasteiger partial charge in [-0.2, -0.15) is 0 Å². The van der Waals surface area contributed by atoms with Crippen LogP contribution in [0.3, 0.4) is 0 Å². The summed E-state index contributed by atoms with van der Waals surface area (Å²) >= 11 is 0. The number of fused-ring (bicyclic) bond motifs is 5. The standard InChI is InChI=1S/C22H18N4O4/c27-19-13-15(11-7-3-1-4-8-11)25-18-14(20(28)24-22(18)30)16(12-9-5-2-6-10-12)26(25)17(13)21(29)23-19/h1-10,13-18H,(H,23,27,29)(H,24,28,30)/t13-,14-,15-,16-,17-,18-/m0/s1. The summed E-state index contributed by atoms with van der Waals surface area (Å²) in [6.45, 7) is 0. The average Bonchev–Trinajstić information content (AvgIpc) is 3.43. The number of hydrazine groups is 1. The molecule has 0 unspecified atom stereocenters. The fourth-order valence-electron chi connectivity index (χ4n) is 5.64. The maximum Gasteiger partial charge on any atom is 0.246 e. The maximum atomic E-state index is 12.9. The van der Waals surface area contributed by atoms with E-state index in [0.29, 0.717) is 0 Å². The lowest BCUT2D eigenvalue weighted by Crippen LogP contribution is -2.48. The van der Waals surface area contributed by atoms with E-state index in [9.17, 15) is 19.2 Å². The summed E-state index contributed by atoms with van der Waals surface area (Å²) in [5, 5.41) is 8.57. The molecule has 6 atom stereocenters. The first-order chi connectivity index (χ1) is 14.6. The van der Waals surface area contributed by atoms with Crippen molar-refractivity contribution in [2.75, 3.05) is 0 Å². The summed E-state index contributed by atoms with van der Waals surface area (Å²) in [6, 6.07) is 16.2. The predicted octanol–water partition coefficient (Wildman–Crippen LogP) is 0.298. The number of carbonyl (C=O) groups is 4. The Hall–Kier alpha value is -3.36. The van der Waals surface area contributed by atoms with Crippen molar-refractivity contribution in [3.8, 4) is 0 Å². The Morgan fingerprint density at radius 2 is 0.867 bits per heavy atom. The minimum atomic E-state index is -0.765. The molecule has 4 fully saturated rings. The van der Waals surface area contributed by atoms with Crippen LogP contribution in [0.5, 0.6) is 0 Å². The molecule has 0 spiro atoms. The lowest BCUT2D eigenvalue weighted by Gasteiger charge is -2.33. The van der Waals surface area contributed by atoms with Crippen molar-refractivity contribution in [1.29, 1.82) is 0 Å². The average molecular weight is 402 g/mol. The molecule has 2 aromatic rings. The number of nitrogens with one attached hydrogen (secondary N) is 2. The minimum absolute atomic E-state index is 0.346. The zero-order valence-corrected chi connectivity index (χ0v) is 15.8. The first-order valence-corrected chi connectivity index (χ1v) is 9.94. The fourth-order valence-corrected chi connectivity index (χ4v) is 5.64. The van der Waals surface area contributed by atoms with E-state index in [-0.39, 0.29) is 23.6 Å². The number of benzene rings is 2. The Labute approximate surface area is 171 Å². The maximum absolute atomic E-state index is 12.9. The third kappa shape index (κ3) is 2.12. The Balaban J connectivity index is 1.58. The van der Waals surface area contributed by atoms with E-state index in [0.717, 1.165) is 11.1 Å². The first kappa shape index (κ1) is 17.5. The molecule has 0 bridgehead atoms. The van der Waals surface area contributed by atoms with Gasteiger partial charge in [0.15, 0.2) is 0 Å². The van der Waals surface area contributed by atoms with Gasteiger partial charge in [-0.1, -0.05) is 60.7 Å². The van der Waals surface area contributed by atoms with E-state index in [1.54, 1.807) is 0 Å². The van der Waals surface area contributed by atoms with Gasteiger partial charge in [-0.25, -0.2) is 10.0 Å². The molecule has 4 heterocycles. The molecule has 0 radical (unpaired) electrons. The van der Waals surface area contributed by atoms with Crippen molar-refractivity contribution < 1.29 is 19.2 Å². The highest BCUT2D eigenvalue weighted by molar-refractivity contribution is 6.10. The Bertz CT molecular complexity index is 1000. The predicted molar refractivity (Wildman–Crippen MR) is 103 cm³/mol. The summed E-state index contributed by atoms with van der Waals surface area (Å²) in [4.78, 5) is 51.3. The lowest BCUT2D eigenvalue weighted by molar-refractivity contribution is -0.139. The van der Waals surface area contributed by atoms with Crippen LogP contribution >= 0.6 is 0 Å². The molecule has 4 aliphatic heterocycles. The number of rotatable bonds is 2. The third-order valence-corrected chi connectivity index (χ3v) is 6.69. The van der Waals surface area contributed by atoms with Gasteiger partial charge in [0.25, 0.3) is 0 Å². The highest BCUT2D eigenvalue weighted by Gasteiger charge is 2.71. The van der Waals surface area contributed by atoms with Gasteiger partial charge in [-0.05, 0) is 11.1 Å². The SMILES string of the molecule is O=C1NC(=O)[C@@H]2[C@@H]1[C@H](c1ccccc1)N1[C@@H]3C(=O)NC(=O)[C@H]3[C@H](c3ccccc3)N21. The van der Waals surface area contributed by atoms with Crippen LogP contribution in [0.15, 0.2) is 60.7 Å². The van der Waals surface area contributed by atoms with E-state index in [1.807, 2.05) is 70.7 Å². The topological polar surface area (TPSA) is 98.8 Å². The van der Waals surface area contributed by atoms with Crippen molar-refractivity contribution in [3.05, 3.63) is 71.8 Å². The van der Waals surface area contributed by atoms with Gasteiger partial charge in [0.2, 0.25) is 23.6 Å². The van der Waals surface area contributed by atoms with Crippen LogP contribution in [0.2, 0.25) is 0 Å². The van der Waals surface area contributed by atoms with Crippen molar-refractivity contribution in [2.45, 2.75) is 24.2 Å². The third-order valence-electron chi connectivity index (χ3n) is 6.69. The molecule has 6 rings (SSSR count).